The summed E-state index contributed by atoms with van der Waals surface area (Å²) < 4.78 is 36.4. The predicted octanol–water partition coefficient (Wildman–Crippen LogP) is -8.86. The van der Waals surface area contributed by atoms with Gasteiger partial charge in [0.2, 0.25) is 53.2 Å². The maximum Gasteiger partial charge on any atom is 0.303 e. The number of carboxylic acids is 1. The summed E-state index contributed by atoms with van der Waals surface area (Å²) in [6.45, 7) is 8.63. The van der Waals surface area contributed by atoms with Crippen molar-refractivity contribution in [1.29, 1.82) is 0 Å². The molecule has 97 heavy (non-hydrogen) atoms. The minimum absolute atomic E-state index is 0.00359. The van der Waals surface area contributed by atoms with Gasteiger partial charge in [0, 0.05) is 19.9 Å². The summed E-state index contributed by atoms with van der Waals surface area (Å²) in [5.41, 5.74) is 5.20. The fourth-order valence-corrected chi connectivity index (χ4v) is 11.4. The first-order chi connectivity index (χ1) is 45.4. The second-order valence-corrected chi connectivity index (χ2v) is 26.2. The summed E-state index contributed by atoms with van der Waals surface area (Å²) in [5, 5.41) is 122. The third-order valence-electron chi connectivity index (χ3n) is 16.0. The number of thiocarbonyl (C=S) groups is 3. The molecule has 0 aromatic carbocycles. The number of ether oxygens (including phenoxy) is 6. The molecule has 0 spiro atoms. The van der Waals surface area contributed by atoms with Crippen molar-refractivity contribution in [1.82, 2.24) is 58.1 Å². The summed E-state index contributed by atoms with van der Waals surface area (Å²) in [4.78, 5) is 136. The molecule has 4 aliphatic rings. The van der Waals surface area contributed by atoms with Gasteiger partial charge < -0.3 is 138 Å². The minimum Gasteiger partial charge on any atom is -0.481 e. The fourth-order valence-electron chi connectivity index (χ4n) is 11.0. The molecule has 0 bridgehead atoms. The van der Waals surface area contributed by atoms with Crippen LogP contribution in [0, 0.1) is 5.92 Å². The van der Waals surface area contributed by atoms with Crippen molar-refractivity contribution < 1.29 is 122 Å². The normalized spacial score (nSPS) is 29.3. The number of aliphatic carboxylic acids is 1. The lowest BCUT2D eigenvalue weighted by molar-refractivity contribution is -0.307. The van der Waals surface area contributed by atoms with E-state index in [1.165, 1.54) is 41.5 Å². The smallest absolute Gasteiger partial charge is 0.303 e. The first-order valence-electron chi connectivity index (χ1n) is 31.2. The molecule has 550 valence electrons. The largest absolute Gasteiger partial charge is 0.481 e. The van der Waals surface area contributed by atoms with Gasteiger partial charge in [-0.25, -0.2) is 0 Å². The van der Waals surface area contributed by atoms with Crippen LogP contribution in [0.15, 0.2) is 0 Å². The van der Waals surface area contributed by atoms with Crippen LogP contribution in [0.3, 0.4) is 0 Å². The zero-order valence-corrected chi connectivity index (χ0v) is 57.4. The topological polar surface area (TPSA) is 558 Å². The van der Waals surface area contributed by atoms with E-state index < -0.39 is 239 Å². The van der Waals surface area contributed by atoms with E-state index in [4.69, 9.17) is 70.8 Å². The van der Waals surface area contributed by atoms with Gasteiger partial charge in [-0.1, -0.05) is 50.5 Å². The Morgan fingerprint density at radius 1 is 0.567 bits per heavy atom. The van der Waals surface area contributed by atoms with E-state index >= 15 is 4.79 Å². The average molecular weight is 1440 g/mol. The van der Waals surface area contributed by atoms with Crippen molar-refractivity contribution in [3.8, 4) is 0 Å². The van der Waals surface area contributed by atoms with Crippen LogP contribution in [-0.2, 0) is 76.4 Å². The number of nitrogens with zero attached hydrogens (tertiary/aromatic N) is 1. The molecule has 0 unspecified atom stereocenters. The fraction of sp³-hybridized carbons (Fsp3) is 0.772. The van der Waals surface area contributed by atoms with Crippen LogP contribution in [0.4, 0.5) is 0 Å². The number of likely N-dealkylation sites (tertiary alicyclic amines) is 1. The highest BCUT2D eigenvalue weighted by atomic mass is 32.1. The molecular weight excluding hydrogens is 1350 g/mol. The number of rotatable bonds is 34. The number of nitrogens with one attached hydrogen (secondary N) is 10. The van der Waals surface area contributed by atoms with E-state index in [2.05, 4.69) is 53.2 Å². The summed E-state index contributed by atoms with van der Waals surface area (Å²) in [6, 6.07) is -13.9. The van der Waals surface area contributed by atoms with Gasteiger partial charge in [-0.05, 0) is 73.1 Å². The highest BCUT2D eigenvalue weighted by Gasteiger charge is 2.51. The first kappa shape index (κ1) is 83.2. The molecule has 0 aromatic heterocycles. The molecule has 0 radical (unpaired) electrons. The maximum atomic E-state index is 15.4. The number of carbonyl (C=O) groups is 10. The minimum atomic E-state index is -2.09. The second-order valence-electron chi connectivity index (χ2n) is 24.4. The lowest BCUT2D eigenvalue weighted by Gasteiger charge is -2.46. The number of aliphatic hydroxyl groups excluding tert-OH is 8. The van der Waals surface area contributed by atoms with Crippen LogP contribution >= 0.6 is 36.7 Å². The molecule has 4 saturated heterocycles. The number of amides is 9. The predicted molar refractivity (Wildman–Crippen MR) is 346 cm³/mol. The molecule has 40 heteroatoms. The van der Waals surface area contributed by atoms with Gasteiger partial charge in [-0.3, -0.25) is 47.9 Å². The Kier molecular flexibility index (Phi) is 33.4. The van der Waals surface area contributed by atoms with E-state index in [-0.39, 0.29) is 46.7 Å². The lowest BCUT2D eigenvalue weighted by atomic mass is 9.96. The quantitative estimate of drug-likeness (QED) is 0.0266. The van der Waals surface area contributed by atoms with E-state index in [0.29, 0.717) is 6.42 Å². The summed E-state index contributed by atoms with van der Waals surface area (Å²) in [7, 11) is 0. The van der Waals surface area contributed by atoms with Gasteiger partial charge in [0.1, 0.15) is 109 Å². The Morgan fingerprint density at radius 3 is 1.51 bits per heavy atom. The van der Waals surface area contributed by atoms with Crippen LogP contribution in [0.5, 0.6) is 0 Å². The molecule has 9 amide bonds. The van der Waals surface area contributed by atoms with Gasteiger partial charge in [0.15, 0.2) is 18.9 Å². The molecule has 4 aliphatic heterocycles. The third kappa shape index (κ3) is 24.6. The number of nitrogens with two attached hydrogens (primary N) is 1. The van der Waals surface area contributed by atoms with Crippen LogP contribution in [0.25, 0.3) is 0 Å². The first-order valence-corrected chi connectivity index (χ1v) is 32.5. The zero-order chi connectivity index (χ0) is 73.0. The Morgan fingerprint density at radius 2 is 1.03 bits per heavy atom. The Hall–Kier alpha value is -6.19. The molecule has 0 saturated carbocycles. The zero-order valence-electron chi connectivity index (χ0n) is 54.9. The van der Waals surface area contributed by atoms with Crippen molar-refractivity contribution in [3.63, 3.8) is 0 Å². The molecule has 21 N–H and O–H groups in total. The number of aliphatic hydroxyl groups is 8. The van der Waals surface area contributed by atoms with Crippen LogP contribution in [0.2, 0.25) is 0 Å². The van der Waals surface area contributed by atoms with E-state index in [1.807, 2.05) is 0 Å². The van der Waals surface area contributed by atoms with Crippen LogP contribution < -0.4 is 58.9 Å². The molecule has 0 aliphatic carbocycles. The Bertz CT molecular complexity index is 2790. The lowest BCUT2D eigenvalue weighted by Crippen LogP contribution is -2.68. The summed E-state index contributed by atoms with van der Waals surface area (Å²) >= 11 is 15.7. The van der Waals surface area contributed by atoms with E-state index in [9.17, 15) is 89.1 Å². The standard InChI is InChI=1S/C57H94N12O25S3/c1-21(2)15-30(66-50(84)29(62-25(6)72)12-13-37(75)76)51(85)61-22(3)49(83)67-39(24(5)91-57-42(65-28(9)97)48(82)45(79)34(94-57)20-89-55-40(63-26(7)95)46(80)43(77)32(18-70)92-55)54(88)68-38(23(4)90-56-41(64-27(8)96)47(81)44(78)33(19-71)93-56)53(87)60-17-36(74)69-14-10-11-31(69)52(86)59-16-35(58)73/h21-24,29-34,38-48,55-57,70-71,77-82H,10-20H2,1-9H3,(H2,58,73)(H,59,86)(H,60,87)(H,61,85)(H,62,72)(H,63,95)(H,64,96)(H,65,97)(H,66,84)(H,67,83)(H,68,88)(H,75,76)/t22-,23+,24+,29-,30-,31-,32+,33+,34+,38-,39-,40+,41+,42+,43-,44-,45-,46+,47+,48+,55-,56-,57-/m0/s1. The van der Waals surface area contributed by atoms with Crippen molar-refractivity contribution in [2.24, 2.45) is 11.7 Å². The SMILES string of the molecule is CC(=O)N[C@@H](CCC(=O)O)C(=O)N[C@@H](CC(C)C)C(=O)N[C@@H](C)C(=O)N[C@H](C(=O)N[C@H](C(=O)NCC(=O)N1CCC[C@H]1C(=O)NCC(N)=O)[C@@H](C)O[C@H]1O[C@H](CO)[C@H](O)[C@H](O)[C@H]1NC(C)=S)[C@@H](C)O[C@H]1O[C@H](CO[C@H]2O[C@H](CO)[C@H](O)[C@H](O)[C@H]2NC(C)=S)[C@H](O)[C@H](O)[C@H]1NC(C)=S. The van der Waals surface area contributed by atoms with Crippen molar-refractivity contribution in [3.05, 3.63) is 0 Å². The third-order valence-corrected chi connectivity index (χ3v) is 16.3. The van der Waals surface area contributed by atoms with Crippen LogP contribution in [0.1, 0.15) is 94.4 Å². The summed E-state index contributed by atoms with van der Waals surface area (Å²) in [6.07, 6.45) is -24.0. The van der Waals surface area contributed by atoms with Gasteiger partial charge in [-0.2, -0.15) is 0 Å². The average Bonchev–Trinajstić information content (AvgIpc) is 1.36. The maximum absolute atomic E-state index is 15.4. The molecular formula is C57H94N12O25S3. The second kappa shape index (κ2) is 39.0. The highest BCUT2D eigenvalue weighted by molar-refractivity contribution is 7.80. The summed E-state index contributed by atoms with van der Waals surface area (Å²) in [5.74, 6) is -10.3. The van der Waals surface area contributed by atoms with Crippen molar-refractivity contribution >= 4 is 111 Å². The Labute approximate surface area is 574 Å². The van der Waals surface area contributed by atoms with Crippen molar-refractivity contribution in [2.45, 2.75) is 235 Å². The molecule has 4 fully saturated rings. The highest BCUT2D eigenvalue weighted by Crippen LogP contribution is 2.29. The van der Waals surface area contributed by atoms with Gasteiger partial charge >= 0.3 is 5.97 Å². The number of primary amides is 1. The number of carboxylic acid groups (broad SMARTS) is 1. The molecule has 37 nitrogen and oxygen atoms in total. The van der Waals surface area contributed by atoms with E-state index in [0.717, 1.165) is 11.8 Å². The monoisotopic (exact) mass is 1440 g/mol. The number of hydrogen-bond donors (Lipinski definition) is 20. The molecule has 4 heterocycles. The van der Waals surface area contributed by atoms with Crippen molar-refractivity contribution in [2.75, 3.05) is 39.5 Å². The molecule has 4 rings (SSSR count). The number of carbonyl (C=O) groups excluding carboxylic acids is 9. The molecule has 0 aromatic rings. The van der Waals surface area contributed by atoms with Crippen LogP contribution in [-0.4, -0.2) is 305 Å². The number of hydrogen-bond acceptors (Lipinski definition) is 27. The van der Waals surface area contributed by atoms with Gasteiger partial charge in [-0.15, -0.1) is 0 Å². The van der Waals surface area contributed by atoms with Gasteiger partial charge in [0.05, 0.1) is 60.1 Å². The van der Waals surface area contributed by atoms with Gasteiger partial charge in [0.25, 0.3) is 0 Å². The Balaban J connectivity index is 1.82. The molecule has 23 atom stereocenters. The van der Waals surface area contributed by atoms with E-state index in [1.54, 1.807) is 13.8 Å².